The molecule has 28 heavy (non-hydrogen) atoms. The summed E-state index contributed by atoms with van der Waals surface area (Å²) in [6.07, 6.45) is 2.69. The Morgan fingerprint density at radius 2 is 1.79 bits per heavy atom. The van der Waals surface area contributed by atoms with Gasteiger partial charge in [-0.1, -0.05) is 12.1 Å². The molecule has 0 bridgehead atoms. The van der Waals surface area contributed by atoms with E-state index < -0.39 is 21.5 Å². The van der Waals surface area contributed by atoms with E-state index in [0.29, 0.717) is 31.9 Å². The molecule has 1 heterocycles. The maximum atomic E-state index is 12.6. The Kier molecular flexibility index (Phi) is 7.34. The number of hydrogen-bond acceptors (Lipinski definition) is 6. The molecule has 2 rings (SSSR count). The molecule has 1 saturated heterocycles. The lowest BCUT2D eigenvalue weighted by molar-refractivity contribution is -0.144. The highest BCUT2D eigenvalue weighted by molar-refractivity contribution is 7.89. The van der Waals surface area contributed by atoms with Gasteiger partial charge in [-0.3, -0.25) is 4.79 Å². The van der Waals surface area contributed by atoms with E-state index in [4.69, 9.17) is 9.47 Å². The van der Waals surface area contributed by atoms with Crippen LogP contribution in [0.5, 0.6) is 0 Å². The van der Waals surface area contributed by atoms with E-state index in [2.05, 4.69) is 5.32 Å². The van der Waals surface area contributed by atoms with Crippen LogP contribution in [0.4, 0.5) is 0 Å². The molecule has 9 heteroatoms. The van der Waals surface area contributed by atoms with Crippen LogP contribution >= 0.6 is 0 Å². The Hall–Kier alpha value is -2.23. The van der Waals surface area contributed by atoms with Crippen molar-refractivity contribution in [2.75, 3.05) is 32.9 Å². The Morgan fingerprint density at radius 3 is 2.36 bits per heavy atom. The maximum Gasteiger partial charge on any atom is 0.331 e. The zero-order valence-corrected chi connectivity index (χ0v) is 17.1. The largest absolute Gasteiger partial charge is 0.452 e. The fourth-order valence-corrected chi connectivity index (χ4v) is 3.90. The van der Waals surface area contributed by atoms with Gasteiger partial charge in [0.25, 0.3) is 5.91 Å². The lowest BCUT2D eigenvalue weighted by Crippen LogP contribution is -2.42. The average Bonchev–Trinajstić information content (AvgIpc) is 2.64. The van der Waals surface area contributed by atoms with Crippen molar-refractivity contribution in [1.82, 2.24) is 9.62 Å². The first-order valence-corrected chi connectivity index (χ1v) is 10.4. The molecule has 0 aromatic heterocycles. The van der Waals surface area contributed by atoms with Crippen LogP contribution in [0.15, 0.2) is 35.2 Å². The van der Waals surface area contributed by atoms with Crippen molar-refractivity contribution < 1.29 is 27.5 Å². The molecule has 1 fully saturated rings. The third-order valence-electron chi connectivity index (χ3n) is 3.76. The van der Waals surface area contributed by atoms with Gasteiger partial charge in [0.2, 0.25) is 10.0 Å². The zero-order chi connectivity index (χ0) is 20.8. The SMILES string of the molecule is CC(C)(C)NC(=O)COC(=O)/C=C/c1ccc(S(=O)(=O)N2CCOCC2)cc1. The van der Waals surface area contributed by atoms with Gasteiger partial charge < -0.3 is 14.8 Å². The van der Waals surface area contributed by atoms with Gasteiger partial charge in [0, 0.05) is 24.7 Å². The van der Waals surface area contributed by atoms with Crippen LogP contribution in [-0.4, -0.2) is 63.0 Å². The molecule has 1 aliphatic rings. The topological polar surface area (TPSA) is 102 Å². The summed E-state index contributed by atoms with van der Waals surface area (Å²) < 4.78 is 36.6. The highest BCUT2D eigenvalue weighted by atomic mass is 32.2. The molecule has 1 N–H and O–H groups in total. The number of nitrogens with zero attached hydrogens (tertiary/aromatic N) is 1. The minimum absolute atomic E-state index is 0.188. The van der Waals surface area contributed by atoms with Crippen molar-refractivity contribution in [3.05, 3.63) is 35.9 Å². The van der Waals surface area contributed by atoms with Crippen LogP contribution in [0, 0.1) is 0 Å². The third kappa shape index (κ3) is 6.74. The van der Waals surface area contributed by atoms with Crippen LogP contribution in [0.25, 0.3) is 6.08 Å². The maximum absolute atomic E-state index is 12.6. The van der Waals surface area contributed by atoms with Crippen LogP contribution < -0.4 is 5.32 Å². The normalized spacial score (nSPS) is 16.1. The average molecular weight is 410 g/mol. The summed E-state index contributed by atoms with van der Waals surface area (Å²) in [6, 6.07) is 6.19. The molecule has 1 amide bonds. The van der Waals surface area contributed by atoms with Gasteiger partial charge in [-0.2, -0.15) is 4.31 Å². The van der Waals surface area contributed by atoms with E-state index in [0.717, 1.165) is 0 Å². The number of amides is 1. The molecule has 8 nitrogen and oxygen atoms in total. The van der Waals surface area contributed by atoms with Gasteiger partial charge in [-0.05, 0) is 44.5 Å². The Morgan fingerprint density at radius 1 is 1.18 bits per heavy atom. The fraction of sp³-hybridized carbons (Fsp3) is 0.474. The Labute approximate surface area is 165 Å². The Bertz CT molecular complexity index is 819. The minimum Gasteiger partial charge on any atom is -0.452 e. The van der Waals surface area contributed by atoms with Gasteiger partial charge in [-0.15, -0.1) is 0 Å². The number of ether oxygens (including phenoxy) is 2. The van der Waals surface area contributed by atoms with Gasteiger partial charge in [0.05, 0.1) is 18.1 Å². The molecule has 154 valence electrons. The number of benzene rings is 1. The van der Waals surface area contributed by atoms with E-state index in [9.17, 15) is 18.0 Å². The number of carbonyl (C=O) groups excluding carboxylic acids is 2. The van der Waals surface area contributed by atoms with Crippen molar-refractivity contribution in [3.63, 3.8) is 0 Å². The Balaban J connectivity index is 1.91. The molecule has 0 radical (unpaired) electrons. The monoisotopic (exact) mass is 410 g/mol. The number of hydrogen-bond donors (Lipinski definition) is 1. The second-order valence-corrected chi connectivity index (χ2v) is 9.26. The first-order chi connectivity index (χ1) is 13.1. The summed E-state index contributed by atoms with van der Waals surface area (Å²) in [5, 5.41) is 2.69. The van der Waals surface area contributed by atoms with Gasteiger partial charge in [0.15, 0.2) is 6.61 Å². The quantitative estimate of drug-likeness (QED) is 0.558. The third-order valence-corrected chi connectivity index (χ3v) is 5.67. The van der Waals surface area contributed by atoms with Gasteiger partial charge >= 0.3 is 5.97 Å². The molecule has 1 aliphatic heterocycles. The summed E-state index contributed by atoms with van der Waals surface area (Å²) in [5.74, 6) is -1.04. The van der Waals surface area contributed by atoms with Crippen LogP contribution in [0.1, 0.15) is 26.3 Å². The highest BCUT2D eigenvalue weighted by Gasteiger charge is 2.25. The predicted molar refractivity (Wildman–Crippen MR) is 104 cm³/mol. The molecule has 1 aromatic rings. The number of carbonyl (C=O) groups is 2. The molecule has 0 aliphatic carbocycles. The van der Waals surface area contributed by atoms with Gasteiger partial charge in [-0.25, -0.2) is 13.2 Å². The second-order valence-electron chi connectivity index (χ2n) is 7.32. The molecule has 0 atom stereocenters. The zero-order valence-electron chi connectivity index (χ0n) is 16.3. The number of nitrogens with one attached hydrogen (secondary N) is 1. The first-order valence-electron chi connectivity index (χ1n) is 8.92. The number of sulfonamides is 1. The molecule has 0 unspecified atom stereocenters. The van der Waals surface area contributed by atoms with E-state index >= 15 is 0 Å². The standard InChI is InChI=1S/C19H26N2O6S/c1-19(2,3)20-17(22)14-27-18(23)9-6-15-4-7-16(8-5-15)28(24,25)21-10-12-26-13-11-21/h4-9H,10-14H2,1-3H3,(H,20,22)/b9-6+. The lowest BCUT2D eigenvalue weighted by Gasteiger charge is -2.26. The smallest absolute Gasteiger partial charge is 0.331 e. The van der Waals surface area contributed by atoms with Crippen molar-refractivity contribution in [2.45, 2.75) is 31.2 Å². The number of morpholine rings is 1. The lowest BCUT2D eigenvalue weighted by atomic mass is 10.1. The van der Waals surface area contributed by atoms with E-state index in [-0.39, 0.29) is 17.4 Å². The minimum atomic E-state index is -3.55. The van der Waals surface area contributed by atoms with Crippen LogP contribution in [0.2, 0.25) is 0 Å². The molecule has 1 aromatic carbocycles. The predicted octanol–water partition coefficient (Wildman–Crippen LogP) is 1.18. The highest BCUT2D eigenvalue weighted by Crippen LogP contribution is 2.18. The summed E-state index contributed by atoms with van der Waals surface area (Å²) in [7, 11) is -3.55. The molecular weight excluding hydrogens is 384 g/mol. The van der Waals surface area contributed by atoms with Gasteiger partial charge in [0.1, 0.15) is 0 Å². The van der Waals surface area contributed by atoms with Crippen molar-refractivity contribution in [3.8, 4) is 0 Å². The van der Waals surface area contributed by atoms with Crippen LogP contribution in [-0.2, 0) is 29.1 Å². The molecule has 0 spiro atoms. The van der Waals surface area contributed by atoms with Crippen molar-refractivity contribution in [1.29, 1.82) is 0 Å². The summed E-state index contributed by atoms with van der Waals surface area (Å²) in [4.78, 5) is 23.5. The van der Waals surface area contributed by atoms with Crippen molar-refractivity contribution in [2.24, 2.45) is 0 Å². The second kappa shape index (κ2) is 9.31. The van der Waals surface area contributed by atoms with E-state index in [1.807, 2.05) is 20.8 Å². The fourth-order valence-electron chi connectivity index (χ4n) is 2.49. The summed E-state index contributed by atoms with van der Waals surface area (Å²) in [6.45, 7) is 6.56. The summed E-state index contributed by atoms with van der Waals surface area (Å²) >= 11 is 0. The van der Waals surface area contributed by atoms with Crippen LogP contribution in [0.3, 0.4) is 0 Å². The van der Waals surface area contributed by atoms with Crippen molar-refractivity contribution >= 4 is 28.0 Å². The molecular formula is C19H26N2O6S. The summed E-state index contributed by atoms with van der Waals surface area (Å²) in [5.41, 5.74) is 0.236. The number of esters is 1. The van der Waals surface area contributed by atoms with E-state index in [1.165, 1.54) is 28.6 Å². The first kappa shape index (κ1) is 22.1. The van der Waals surface area contributed by atoms with E-state index in [1.54, 1.807) is 12.1 Å². The molecule has 0 saturated carbocycles. The number of rotatable bonds is 6.